The molecule has 0 spiro atoms. The molecule has 1 aromatic rings. The molecule has 14 heavy (non-hydrogen) atoms. The molecule has 0 aliphatic rings. The van der Waals surface area contributed by atoms with E-state index in [0.717, 1.165) is 18.7 Å². The second-order valence-electron chi connectivity index (χ2n) is 2.98. The van der Waals surface area contributed by atoms with Crippen LogP contribution in [0.3, 0.4) is 0 Å². The van der Waals surface area contributed by atoms with E-state index in [1.807, 2.05) is 0 Å². The summed E-state index contributed by atoms with van der Waals surface area (Å²) in [4.78, 5) is 18.1. The van der Waals surface area contributed by atoms with Crippen molar-refractivity contribution in [2.24, 2.45) is 0 Å². The number of carbonyl (C=O) groups excluding carboxylic acids is 1. The van der Waals surface area contributed by atoms with Crippen LogP contribution < -0.4 is 5.32 Å². The number of nitrogens with one attached hydrogen (secondary N) is 2. The Hall–Kier alpha value is -1.58. The lowest BCUT2D eigenvalue weighted by atomic mass is 10.3. The smallest absolute Gasteiger partial charge is 0.223 e. The molecular formula is C10H15N3O. The Morgan fingerprint density at radius 2 is 2.57 bits per heavy atom. The highest BCUT2D eigenvalue weighted by Gasteiger charge is 1.97. The standard InChI is InChI=1S/C10H15N3O/c1-2-4-10(14)13-6-3-5-9-11-7-8-12-9/h2,7-8H,1,3-6H2,(H,11,12)(H,13,14). The van der Waals surface area contributed by atoms with Crippen molar-refractivity contribution in [1.82, 2.24) is 15.3 Å². The zero-order chi connectivity index (χ0) is 10.2. The number of carbonyl (C=O) groups is 1. The quantitative estimate of drug-likeness (QED) is 0.523. The first-order chi connectivity index (χ1) is 6.83. The summed E-state index contributed by atoms with van der Waals surface area (Å²) < 4.78 is 0. The maximum absolute atomic E-state index is 11.0. The lowest BCUT2D eigenvalue weighted by Crippen LogP contribution is -2.23. The van der Waals surface area contributed by atoms with Crippen LogP contribution in [0, 0.1) is 0 Å². The zero-order valence-corrected chi connectivity index (χ0v) is 8.12. The summed E-state index contributed by atoms with van der Waals surface area (Å²) in [5.41, 5.74) is 0. The van der Waals surface area contributed by atoms with E-state index in [-0.39, 0.29) is 5.91 Å². The van der Waals surface area contributed by atoms with Gasteiger partial charge in [0.25, 0.3) is 0 Å². The van der Waals surface area contributed by atoms with Crippen LogP contribution in [0.15, 0.2) is 25.0 Å². The molecule has 76 valence electrons. The van der Waals surface area contributed by atoms with Gasteiger partial charge in [-0.1, -0.05) is 6.08 Å². The van der Waals surface area contributed by atoms with Crippen molar-refractivity contribution in [3.8, 4) is 0 Å². The maximum atomic E-state index is 11.0. The minimum atomic E-state index is 0.0273. The second kappa shape index (κ2) is 5.96. The number of hydrogen-bond acceptors (Lipinski definition) is 2. The Bertz CT molecular complexity index is 280. The van der Waals surface area contributed by atoms with Gasteiger partial charge in [0.15, 0.2) is 0 Å². The number of H-pyrrole nitrogens is 1. The van der Waals surface area contributed by atoms with Crippen LogP contribution in [0.4, 0.5) is 0 Å². The molecule has 4 nitrogen and oxygen atoms in total. The Balaban J connectivity index is 2.05. The van der Waals surface area contributed by atoms with Crippen molar-refractivity contribution in [2.75, 3.05) is 6.54 Å². The molecule has 0 bridgehead atoms. The fourth-order valence-corrected chi connectivity index (χ4v) is 1.12. The van der Waals surface area contributed by atoms with Gasteiger partial charge in [0.1, 0.15) is 5.82 Å². The summed E-state index contributed by atoms with van der Waals surface area (Å²) in [5.74, 6) is 0.988. The number of nitrogens with zero attached hydrogens (tertiary/aromatic N) is 1. The molecule has 1 heterocycles. The van der Waals surface area contributed by atoms with E-state index >= 15 is 0 Å². The van der Waals surface area contributed by atoms with E-state index in [0.29, 0.717) is 13.0 Å². The second-order valence-corrected chi connectivity index (χ2v) is 2.98. The lowest BCUT2D eigenvalue weighted by Gasteiger charge is -2.01. The van der Waals surface area contributed by atoms with Crippen molar-refractivity contribution < 1.29 is 4.79 Å². The van der Waals surface area contributed by atoms with Gasteiger partial charge in [0.2, 0.25) is 5.91 Å². The molecule has 0 fully saturated rings. The summed E-state index contributed by atoms with van der Waals surface area (Å²) in [6.07, 6.45) is 7.28. The van der Waals surface area contributed by atoms with Gasteiger partial charge in [-0.05, 0) is 6.42 Å². The fourth-order valence-electron chi connectivity index (χ4n) is 1.12. The molecule has 1 aromatic heterocycles. The predicted octanol–water partition coefficient (Wildman–Crippen LogP) is 1.03. The number of aromatic nitrogens is 2. The first-order valence-electron chi connectivity index (χ1n) is 4.69. The van der Waals surface area contributed by atoms with Crippen LogP contribution in [0.1, 0.15) is 18.7 Å². The Kier molecular flexibility index (Phi) is 4.47. The van der Waals surface area contributed by atoms with Crippen molar-refractivity contribution in [3.05, 3.63) is 30.9 Å². The number of aromatic amines is 1. The molecule has 0 atom stereocenters. The van der Waals surface area contributed by atoms with Crippen molar-refractivity contribution >= 4 is 5.91 Å². The highest BCUT2D eigenvalue weighted by atomic mass is 16.1. The minimum Gasteiger partial charge on any atom is -0.356 e. The molecule has 0 unspecified atom stereocenters. The van der Waals surface area contributed by atoms with Gasteiger partial charge in [-0.25, -0.2) is 4.98 Å². The third kappa shape index (κ3) is 3.89. The van der Waals surface area contributed by atoms with Crippen molar-refractivity contribution in [2.45, 2.75) is 19.3 Å². The highest BCUT2D eigenvalue weighted by Crippen LogP contribution is 1.93. The SMILES string of the molecule is C=CCC(=O)NCCCc1ncc[nH]1. The number of rotatable bonds is 6. The third-order valence-corrected chi connectivity index (χ3v) is 1.80. The van der Waals surface area contributed by atoms with Gasteiger partial charge < -0.3 is 10.3 Å². The topological polar surface area (TPSA) is 57.8 Å². The summed E-state index contributed by atoms with van der Waals surface area (Å²) in [6, 6.07) is 0. The number of aryl methyl sites for hydroxylation is 1. The van der Waals surface area contributed by atoms with Gasteiger partial charge in [0.05, 0.1) is 0 Å². The average molecular weight is 193 g/mol. The van der Waals surface area contributed by atoms with Crippen LogP contribution in [-0.2, 0) is 11.2 Å². The summed E-state index contributed by atoms with van der Waals surface area (Å²) in [7, 11) is 0. The first kappa shape index (κ1) is 10.5. The van der Waals surface area contributed by atoms with Crippen LogP contribution in [0.2, 0.25) is 0 Å². The average Bonchev–Trinajstić information content (AvgIpc) is 2.65. The van der Waals surface area contributed by atoms with E-state index in [2.05, 4.69) is 21.9 Å². The summed E-state index contributed by atoms with van der Waals surface area (Å²) >= 11 is 0. The molecule has 0 radical (unpaired) electrons. The van der Waals surface area contributed by atoms with Crippen LogP contribution in [0.25, 0.3) is 0 Å². The molecule has 0 aliphatic heterocycles. The van der Waals surface area contributed by atoms with E-state index < -0.39 is 0 Å². The van der Waals surface area contributed by atoms with E-state index in [1.165, 1.54) is 0 Å². The van der Waals surface area contributed by atoms with Gasteiger partial charge in [-0.15, -0.1) is 6.58 Å². The molecule has 1 amide bonds. The van der Waals surface area contributed by atoms with Gasteiger partial charge in [-0.2, -0.15) is 0 Å². The summed E-state index contributed by atoms with van der Waals surface area (Å²) in [5, 5.41) is 2.79. The van der Waals surface area contributed by atoms with Crippen LogP contribution in [-0.4, -0.2) is 22.4 Å². The number of imidazole rings is 1. The number of hydrogen-bond donors (Lipinski definition) is 2. The van der Waals surface area contributed by atoms with Crippen LogP contribution in [0.5, 0.6) is 0 Å². The zero-order valence-electron chi connectivity index (χ0n) is 8.12. The van der Waals surface area contributed by atoms with Crippen molar-refractivity contribution in [3.63, 3.8) is 0 Å². The monoisotopic (exact) mass is 193 g/mol. The molecular weight excluding hydrogens is 178 g/mol. The van der Waals surface area contributed by atoms with E-state index in [4.69, 9.17) is 0 Å². The fraction of sp³-hybridized carbons (Fsp3) is 0.400. The minimum absolute atomic E-state index is 0.0273. The molecule has 0 aromatic carbocycles. The Morgan fingerprint density at radius 1 is 1.71 bits per heavy atom. The van der Waals surface area contributed by atoms with Gasteiger partial charge >= 0.3 is 0 Å². The molecule has 0 aliphatic carbocycles. The first-order valence-corrected chi connectivity index (χ1v) is 4.69. The van der Waals surface area contributed by atoms with Crippen molar-refractivity contribution in [1.29, 1.82) is 0 Å². The largest absolute Gasteiger partial charge is 0.356 e. The maximum Gasteiger partial charge on any atom is 0.223 e. The Labute approximate surface area is 83.4 Å². The normalized spacial score (nSPS) is 9.71. The molecule has 1 rings (SSSR count). The number of amides is 1. The lowest BCUT2D eigenvalue weighted by molar-refractivity contribution is -0.120. The van der Waals surface area contributed by atoms with Gasteiger partial charge in [0, 0.05) is 31.8 Å². The van der Waals surface area contributed by atoms with Crippen LogP contribution >= 0.6 is 0 Å². The molecule has 4 heteroatoms. The highest BCUT2D eigenvalue weighted by molar-refractivity contribution is 5.77. The molecule has 0 saturated heterocycles. The molecule has 2 N–H and O–H groups in total. The summed E-state index contributed by atoms with van der Waals surface area (Å²) in [6.45, 7) is 4.18. The Morgan fingerprint density at radius 3 is 3.21 bits per heavy atom. The molecule has 0 saturated carbocycles. The van der Waals surface area contributed by atoms with Gasteiger partial charge in [-0.3, -0.25) is 4.79 Å². The van der Waals surface area contributed by atoms with E-state index in [1.54, 1.807) is 18.5 Å². The third-order valence-electron chi connectivity index (χ3n) is 1.80. The predicted molar refractivity (Wildman–Crippen MR) is 54.7 cm³/mol. The van der Waals surface area contributed by atoms with E-state index in [9.17, 15) is 4.79 Å².